The Morgan fingerprint density at radius 3 is 2.47 bits per heavy atom. The zero-order valence-electron chi connectivity index (χ0n) is 18.2. The normalized spacial score (nSPS) is 24.0. The zero-order chi connectivity index (χ0) is 23.0. The van der Waals surface area contributed by atoms with Gasteiger partial charge in [0.15, 0.2) is 17.3 Å². The molecule has 1 spiro atoms. The average Bonchev–Trinajstić information content (AvgIpc) is 3.50. The number of hydrogen-bond acceptors (Lipinski definition) is 5. The van der Waals surface area contributed by atoms with Crippen molar-refractivity contribution in [3.05, 3.63) is 89.0 Å². The number of nitrogens with zero attached hydrogens (tertiary/aromatic N) is 2. The third kappa shape index (κ3) is 2.38. The van der Waals surface area contributed by atoms with Crippen molar-refractivity contribution < 1.29 is 23.9 Å². The Labute approximate surface area is 195 Å². The predicted molar refractivity (Wildman–Crippen MR) is 122 cm³/mol. The second-order valence-electron chi connectivity index (χ2n) is 9.19. The highest BCUT2D eigenvalue weighted by molar-refractivity contribution is 6.19. The van der Waals surface area contributed by atoms with Gasteiger partial charge in [0.25, 0.3) is 0 Å². The Balaban J connectivity index is 1.37. The minimum absolute atomic E-state index is 0.0226. The predicted octanol–water partition coefficient (Wildman–Crippen LogP) is 3.20. The fraction of sp³-hybridized carbons (Fsp3) is 0.222. The van der Waals surface area contributed by atoms with Gasteiger partial charge < -0.3 is 19.3 Å². The number of carbonyl (C=O) groups excluding carboxylic acids is 3. The van der Waals surface area contributed by atoms with E-state index >= 15 is 0 Å². The number of carbonyl (C=O) groups is 3. The summed E-state index contributed by atoms with van der Waals surface area (Å²) >= 11 is 0. The Morgan fingerprint density at radius 2 is 1.65 bits per heavy atom. The molecule has 0 bridgehead atoms. The van der Waals surface area contributed by atoms with Crippen LogP contribution in [0, 0.1) is 0 Å². The van der Waals surface area contributed by atoms with Crippen LogP contribution in [0.3, 0.4) is 0 Å². The molecule has 0 aliphatic carbocycles. The number of amides is 2. The van der Waals surface area contributed by atoms with Crippen molar-refractivity contribution in [2.75, 3.05) is 11.7 Å². The van der Waals surface area contributed by atoms with E-state index in [1.54, 1.807) is 21.9 Å². The van der Waals surface area contributed by atoms with Crippen LogP contribution in [0.2, 0.25) is 0 Å². The number of ketones is 1. The van der Waals surface area contributed by atoms with E-state index in [9.17, 15) is 14.4 Å². The molecular weight excluding hydrogens is 432 g/mol. The van der Waals surface area contributed by atoms with Crippen molar-refractivity contribution in [2.45, 2.75) is 31.0 Å². The van der Waals surface area contributed by atoms with Gasteiger partial charge in [0.1, 0.15) is 11.5 Å². The number of Topliss-reactive ketones (excluding diaryl/α,β-unsaturated/α-hetero) is 1. The lowest BCUT2D eigenvalue weighted by Gasteiger charge is -2.37. The van der Waals surface area contributed by atoms with E-state index in [4.69, 9.17) is 9.47 Å². The van der Waals surface area contributed by atoms with E-state index in [2.05, 4.69) is 0 Å². The molecule has 168 valence electrons. The average molecular weight is 452 g/mol. The quantitative estimate of drug-likeness (QED) is 0.597. The highest BCUT2D eigenvalue weighted by Gasteiger charge is 2.66. The molecule has 4 aliphatic rings. The Kier molecular flexibility index (Phi) is 3.81. The molecule has 34 heavy (non-hydrogen) atoms. The van der Waals surface area contributed by atoms with Crippen molar-refractivity contribution >= 4 is 23.3 Å². The number of para-hydroxylation sites is 1. The third-order valence-electron chi connectivity index (χ3n) is 7.47. The van der Waals surface area contributed by atoms with Crippen molar-refractivity contribution in [3.63, 3.8) is 0 Å². The first-order chi connectivity index (χ1) is 16.6. The number of anilines is 1. The monoisotopic (exact) mass is 452 g/mol. The Bertz CT molecular complexity index is 1400. The zero-order valence-corrected chi connectivity index (χ0v) is 18.2. The van der Waals surface area contributed by atoms with Gasteiger partial charge in [-0.2, -0.15) is 0 Å². The molecule has 1 saturated heterocycles. The van der Waals surface area contributed by atoms with Gasteiger partial charge in [-0.15, -0.1) is 0 Å². The minimum atomic E-state index is -1.24. The molecule has 1 fully saturated rings. The smallest absolute Gasteiger partial charge is 0.241 e. The lowest BCUT2D eigenvalue weighted by molar-refractivity contribution is -0.129. The highest BCUT2D eigenvalue weighted by Crippen LogP contribution is 2.54. The van der Waals surface area contributed by atoms with Crippen LogP contribution in [0.25, 0.3) is 0 Å². The molecule has 0 radical (unpaired) electrons. The first kappa shape index (κ1) is 19.3. The maximum atomic E-state index is 14.2. The van der Waals surface area contributed by atoms with Gasteiger partial charge in [0.2, 0.25) is 18.6 Å². The molecular formula is C27H20N2O5. The van der Waals surface area contributed by atoms with Gasteiger partial charge in [0.05, 0.1) is 6.54 Å². The number of hydrogen-bond donors (Lipinski definition) is 0. The largest absolute Gasteiger partial charge is 0.454 e. The number of ether oxygens (including phenoxy) is 2. The maximum absolute atomic E-state index is 14.2. The summed E-state index contributed by atoms with van der Waals surface area (Å²) in [4.78, 5) is 44.8. The molecule has 3 aromatic carbocycles. The topological polar surface area (TPSA) is 76.2 Å². The molecule has 0 aromatic heterocycles. The van der Waals surface area contributed by atoms with Crippen LogP contribution in [-0.4, -0.2) is 35.3 Å². The van der Waals surface area contributed by atoms with E-state index < -0.39 is 11.5 Å². The molecule has 2 amide bonds. The first-order valence-electron chi connectivity index (χ1n) is 11.3. The van der Waals surface area contributed by atoms with Crippen molar-refractivity contribution in [2.24, 2.45) is 0 Å². The lowest BCUT2D eigenvalue weighted by atomic mass is 9.71. The maximum Gasteiger partial charge on any atom is 0.241 e. The molecule has 0 unspecified atom stereocenters. The van der Waals surface area contributed by atoms with E-state index in [0.29, 0.717) is 23.6 Å². The molecule has 2 atom stereocenters. The molecule has 0 saturated carbocycles. The summed E-state index contributed by atoms with van der Waals surface area (Å²) < 4.78 is 11.0. The minimum Gasteiger partial charge on any atom is -0.454 e. The molecule has 7 nitrogen and oxygen atoms in total. The fourth-order valence-electron chi connectivity index (χ4n) is 5.98. The molecule has 4 heterocycles. The standard InChI is InChI=1S/C27H20N2O5/c30-23-12-27(25-24(31)18-11-22-21(33-15-34-22)10-17(18)14-29(23)25)19-8-4-5-9-20(19)28(26(27)32)13-16-6-2-1-3-7-16/h1-11,25H,12-15H2/t25-,27+/m0/s1. The van der Waals surface area contributed by atoms with Crippen LogP contribution in [0.4, 0.5) is 5.69 Å². The Hall–Kier alpha value is -4.13. The van der Waals surface area contributed by atoms with E-state index in [0.717, 1.165) is 22.4 Å². The van der Waals surface area contributed by atoms with Gasteiger partial charge in [-0.25, -0.2) is 0 Å². The third-order valence-corrected chi connectivity index (χ3v) is 7.47. The molecule has 0 N–H and O–H groups in total. The number of fused-ring (bicyclic) bond motifs is 6. The van der Waals surface area contributed by atoms with Crippen LogP contribution >= 0.6 is 0 Å². The summed E-state index contributed by atoms with van der Waals surface area (Å²) in [5.74, 6) is 0.475. The summed E-state index contributed by atoms with van der Waals surface area (Å²) in [5.41, 5.74) is 2.46. The van der Waals surface area contributed by atoms with Gasteiger partial charge >= 0.3 is 0 Å². The van der Waals surface area contributed by atoms with Crippen molar-refractivity contribution in [3.8, 4) is 11.5 Å². The van der Waals surface area contributed by atoms with E-state index in [-0.39, 0.29) is 37.4 Å². The lowest BCUT2D eigenvalue weighted by Crippen LogP contribution is -2.55. The summed E-state index contributed by atoms with van der Waals surface area (Å²) in [5, 5.41) is 0. The molecule has 7 rings (SSSR count). The number of benzene rings is 3. The summed E-state index contributed by atoms with van der Waals surface area (Å²) in [6.07, 6.45) is -0.0226. The van der Waals surface area contributed by atoms with Gasteiger partial charge in [-0.3, -0.25) is 14.4 Å². The van der Waals surface area contributed by atoms with E-state index in [1.165, 1.54) is 0 Å². The van der Waals surface area contributed by atoms with Crippen LogP contribution in [0.1, 0.15) is 33.5 Å². The van der Waals surface area contributed by atoms with Gasteiger partial charge in [-0.1, -0.05) is 48.5 Å². The number of rotatable bonds is 2. The summed E-state index contributed by atoms with van der Waals surface area (Å²) in [7, 11) is 0. The molecule has 3 aromatic rings. The van der Waals surface area contributed by atoms with Crippen LogP contribution in [0.5, 0.6) is 11.5 Å². The first-order valence-corrected chi connectivity index (χ1v) is 11.3. The summed E-state index contributed by atoms with van der Waals surface area (Å²) in [6, 6.07) is 19.9. The second-order valence-corrected chi connectivity index (χ2v) is 9.19. The van der Waals surface area contributed by atoms with Gasteiger partial charge in [0, 0.05) is 24.2 Å². The molecule has 7 heteroatoms. The SMILES string of the molecule is O=C1c2cc3c(cc2CN2C(=O)C[C@]4(C(=O)N(Cc5ccccc5)c5ccccc54)[C@H]12)OCO3. The second kappa shape index (κ2) is 6.70. The van der Waals surface area contributed by atoms with Gasteiger partial charge in [-0.05, 0) is 34.9 Å². The Morgan fingerprint density at radius 1 is 0.912 bits per heavy atom. The summed E-state index contributed by atoms with van der Waals surface area (Å²) in [6.45, 7) is 0.739. The van der Waals surface area contributed by atoms with E-state index in [1.807, 2.05) is 54.6 Å². The van der Waals surface area contributed by atoms with Crippen LogP contribution < -0.4 is 14.4 Å². The van der Waals surface area contributed by atoms with Crippen molar-refractivity contribution in [1.82, 2.24) is 4.90 Å². The van der Waals surface area contributed by atoms with Crippen molar-refractivity contribution in [1.29, 1.82) is 0 Å². The fourth-order valence-corrected chi connectivity index (χ4v) is 5.98. The highest BCUT2D eigenvalue weighted by atomic mass is 16.7. The molecule has 4 aliphatic heterocycles. The van der Waals surface area contributed by atoms with Crippen LogP contribution in [-0.2, 0) is 28.1 Å². The van der Waals surface area contributed by atoms with Crippen LogP contribution in [0.15, 0.2) is 66.7 Å².